The van der Waals surface area contributed by atoms with E-state index in [4.69, 9.17) is 9.72 Å². The zero-order chi connectivity index (χ0) is 33.8. The molecule has 2 radical (unpaired) electrons. The van der Waals surface area contributed by atoms with Gasteiger partial charge in [0, 0.05) is 7.05 Å². The Morgan fingerprint density at radius 2 is 2.02 bits per heavy atom. The molecule has 1 N–H and O–H groups in total. The number of piperidine rings is 1. The van der Waals surface area contributed by atoms with E-state index in [2.05, 4.69) is 57.9 Å². The maximum atomic E-state index is 13.3. The first-order chi connectivity index (χ1) is 22.2. The molecule has 11 nitrogen and oxygen atoms in total. The number of halogens is 3. The second kappa shape index (κ2) is 12.3. The quantitative estimate of drug-likeness (QED) is 0.292. The van der Waals surface area contributed by atoms with E-state index in [1.165, 1.54) is 0 Å². The number of piperazine rings is 1. The number of hydrogen-bond acceptors (Lipinski definition) is 7. The standard InChI is InChI=1S/C32H36AsF3N8O3/c1-6-47-22-13-19(29(46)38-24-14-23(32(34,35)36)41(5)40-24)7-8-21(22)26-27-28(33)37-11-12-43(27)30(39-26)31(4)10-9-20-15-42(18(2)3)16-25(45)44(20)17-31/h7-8,11-14,18,20H,6,9-10,15-17H2,1-5H3,(H,38,40,46)/t20-,31+/m1/s1. The Kier molecular flexibility index (Phi) is 8.63. The number of nitrogens with zero attached hydrogens (tertiary/aromatic N) is 7. The van der Waals surface area contributed by atoms with Gasteiger partial charge in [-0.1, -0.05) is 0 Å². The van der Waals surface area contributed by atoms with Gasteiger partial charge in [0.2, 0.25) is 0 Å². The minimum absolute atomic E-state index is 0.129. The fourth-order valence-corrected chi connectivity index (χ4v) is 7.22. The van der Waals surface area contributed by atoms with Crippen molar-refractivity contribution in [1.82, 2.24) is 33.9 Å². The summed E-state index contributed by atoms with van der Waals surface area (Å²) in [5.74, 6) is 0.455. The van der Waals surface area contributed by atoms with Crippen molar-refractivity contribution < 1.29 is 27.5 Å². The molecule has 0 saturated carbocycles. The average Bonchev–Trinajstić information content (AvgIpc) is 3.59. The van der Waals surface area contributed by atoms with Crippen molar-refractivity contribution in [3.05, 3.63) is 53.7 Å². The minimum atomic E-state index is -4.61. The Hall–Kier alpha value is -3.90. The van der Waals surface area contributed by atoms with Crippen molar-refractivity contribution in [3.8, 4) is 17.0 Å². The van der Waals surface area contributed by atoms with E-state index in [1.807, 2.05) is 22.4 Å². The molecule has 0 unspecified atom stereocenters. The van der Waals surface area contributed by atoms with Crippen LogP contribution in [0, 0.1) is 0 Å². The van der Waals surface area contributed by atoms with E-state index >= 15 is 0 Å². The number of amides is 2. The molecule has 2 atom stereocenters. The van der Waals surface area contributed by atoms with E-state index < -0.39 is 23.2 Å². The van der Waals surface area contributed by atoms with Crippen LogP contribution in [0.4, 0.5) is 19.0 Å². The predicted octanol–water partition coefficient (Wildman–Crippen LogP) is 3.57. The zero-order valence-electron chi connectivity index (χ0n) is 26.8. The molecule has 15 heteroatoms. The van der Waals surface area contributed by atoms with Gasteiger partial charge in [-0.2, -0.15) is 13.2 Å². The molecular weight excluding hydrogens is 676 g/mol. The maximum absolute atomic E-state index is 13.3. The van der Waals surface area contributed by atoms with Gasteiger partial charge in [-0.25, -0.2) is 0 Å². The molecule has 1 aromatic carbocycles. The zero-order valence-corrected chi connectivity index (χ0v) is 28.7. The Morgan fingerprint density at radius 1 is 1.26 bits per heavy atom. The van der Waals surface area contributed by atoms with Gasteiger partial charge in [-0.15, -0.1) is 0 Å². The second-order valence-corrected chi connectivity index (χ2v) is 13.6. The number of aromatic nitrogens is 5. The SMILES string of the molecule is CCOc1cc(C(=O)Nc2cc(C(F)(F)F)n(C)n2)ccc1-c1nc([C@@]2(C)CC[C@@H]3CN(C(C)C)CC(=O)N3C2)n2ccnc([As])c12. The van der Waals surface area contributed by atoms with Crippen molar-refractivity contribution >= 4 is 44.5 Å². The van der Waals surface area contributed by atoms with Gasteiger partial charge in [-0.3, -0.25) is 0 Å². The third-order valence-electron chi connectivity index (χ3n) is 9.11. The van der Waals surface area contributed by atoms with Gasteiger partial charge < -0.3 is 0 Å². The molecule has 3 aromatic heterocycles. The number of fused-ring (bicyclic) bond motifs is 2. The van der Waals surface area contributed by atoms with Crippen LogP contribution in [0.3, 0.4) is 0 Å². The van der Waals surface area contributed by atoms with E-state index in [1.54, 1.807) is 24.4 Å². The molecule has 248 valence electrons. The van der Waals surface area contributed by atoms with Gasteiger partial charge in [0.1, 0.15) is 0 Å². The summed E-state index contributed by atoms with van der Waals surface area (Å²) in [4.78, 5) is 40.4. The summed E-state index contributed by atoms with van der Waals surface area (Å²) < 4.78 is 49.2. The first-order valence-electron chi connectivity index (χ1n) is 15.5. The van der Waals surface area contributed by atoms with Crippen molar-refractivity contribution in [1.29, 1.82) is 0 Å². The van der Waals surface area contributed by atoms with Crippen LogP contribution in [0.2, 0.25) is 0 Å². The molecule has 2 fully saturated rings. The number of ether oxygens (including phenoxy) is 1. The fraction of sp³-hybridized carbons (Fsp3) is 0.469. The monoisotopic (exact) mass is 712 g/mol. The average molecular weight is 713 g/mol. The first kappa shape index (κ1) is 33.0. The van der Waals surface area contributed by atoms with Crippen LogP contribution < -0.4 is 14.5 Å². The normalized spacial score (nSPS) is 20.6. The summed E-state index contributed by atoms with van der Waals surface area (Å²) in [6.07, 6.45) is 0.669. The number of rotatable bonds is 7. The summed E-state index contributed by atoms with van der Waals surface area (Å²) in [5.41, 5.74) is 0.745. The molecule has 2 amide bonds. The number of alkyl halides is 3. The van der Waals surface area contributed by atoms with Gasteiger partial charge in [0.25, 0.3) is 0 Å². The summed E-state index contributed by atoms with van der Waals surface area (Å²) in [7, 11) is 1.16. The van der Waals surface area contributed by atoms with Gasteiger partial charge >= 0.3 is 259 Å². The molecule has 2 saturated heterocycles. The molecule has 0 spiro atoms. The van der Waals surface area contributed by atoms with Crippen LogP contribution in [0.15, 0.2) is 36.7 Å². The Morgan fingerprint density at radius 3 is 2.70 bits per heavy atom. The van der Waals surface area contributed by atoms with Crippen molar-refractivity contribution in [2.75, 3.05) is 31.6 Å². The molecule has 47 heavy (non-hydrogen) atoms. The Balaban J connectivity index is 1.35. The number of nitrogens with one attached hydrogen (secondary N) is 1. The van der Waals surface area contributed by atoms with Crippen LogP contribution in [0.5, 0.6) is 5.75 Å². The first-order valence-corrected chi connectivity index (χ1v) is 16.4. The molecule has 0 aliphatic carbocycles. The molecule has 2 aliphatic rings. The van der Waals surface area contributed by atoms with Crippen LogP contribution >= 0.6 is 0 Å². The van der Waals surface area contributed by atoms with E-state index in [-0.39, 0.29) is 23.3 Å². The molecule has 0 bridgehead atoms. The number of aryl methyl sites for hydroxylation is 1. The van der Waals surface area contributed by atoms with Crippen molar-refractivity contribution in [2.24, 2.45) is 7.05 Å². The Bertz CT molecular complexity index is 1850. The number of carbonyl (C=O) groups excluding carboxylic acids is 2. The molecule has 5 heterocycles. The fourth-order valence-electron chi connectivity index (χ4n) is 6.64. The second-order valence-electron chi connectivity index (χ2n) is 12.7. The number of hydrogen-bond donors (Lipinski definition) is 1. The van der Waals surface area contributed by atoms with Gasteiger partial charge in [0.05, 0.1) is 0 Å². The molecule has 4 aromatic rings. The van der Waals surface area contributed by atoms with Gasteiger partial charge in [0.15, 0.2) is 0 Å². The van der Waals surface area contributed by atoms with Crippen molar-refractivity contribution in [2.45, 2.75) is 64.2 Å². The summed E-state index contributed by atoms with van der Waals surface area (Å²) in [5, 5.41) is 6.24. The topological polar surface area (TPSA) is 110 Å². The van der Waals surface area contributed by atoms with Crippen LogP contribution in [0.1, 0.15) is 62.4 Å². The molecular formula is C32H36AsF3N8O3. The van der Waals surface area contributed by atoms with Crippen LogP contribution in [0.25, 0.3) is 16.8 Å². The van der Waals surface area contributed by atoms with E-state index in [9.17, 15) is 22.8 Å². The number of benzene rings is 1. The molecule has 6 rings (SSSR count). The third kappa shape index (κ3) is 6.13. The summed E-state index contributed by atoms with van der Waals surface area (Å²) in [6, 6.07) is 6.09. The van der Waals surface area contributed by atoms with Gasteiger partial charge in [-0.05, 0) is 0 Å². The van der Waals surface area contributed by atoms with Crippen LogP contribution in [-0.4, -0.2) is 101 Å². The summed E-state index contributed by atoms with van der Waals surface area (Å²) in [6.45, 7) is 10.3. The van der Waals surface area contributed by atoms with Crippen molar-refractivity contribution in [3.63, 3.8) is 0 Å². The van der Waals surface area contributed by atoms with E-state index in [0.29, 0.717) is 51.9 Å². The van der Waals surface area contributed by atoms with Crippen LogP contribution in [-0.2, 0) is 23.4 Å². The number of anilines is 1. The van der Waals surface area contributed by atoms with E-state index in [0.717, 1.165) is 43.8 Å². The Labute approximate surface area is 279 Å². The third-order valence-corrected chi connectivity index (χ3v) is 9.80. The summed E-state index contributed by atoms with van der Waals surface area (Å²) >= 11 is 2.47. The number of carbonyl (C=O) groups is 2. The predicted molar refractivity (Wildman–Crippen MR) is 170 cm³/mol. The molecule has 2 aliphatic heterocycles. The number of imidazole rings is 1.